The van der Waals surface area contributed by atoms with Gasteiger partial charge in [-0.3, -0.25) is 4.98 Å². The molecule has 3 heteroatoms. The number of nitrogens with one attached hydrogen (secondary N) is 1. The Hall–Kier alpha value is -2.39. The largest absolute Gasteiger partial charge is 0.496 e. The molecule has 1 N–H and O–H groups in total. The number of ether oxygens (including phenoxy) is 1. The first-order valence-corrected chi connectivity index (χ1v) is 6.98. The maximum absolute atomic E-state index is 5.48. The van der Waals surface area contributed by atoms with Gasteiger partial charge in [0.25, 0.3) is 0 Å². The van der Waals surface area contributed by atoms with E-state index < -0.39 is 0 Å². The van der Waals surface area contributed by atoms with E-state index in [1.165, 1.54) is 0 Å². The predicted molar refractivity (Wildman–Crippen MR) is 85.6 cm³/mol. The first-order chi connectivity index (χ1) is 10.3. The van der Waals surface area contributed by atoms with Crippen LogP contribution in [0.5, 0.6) is 5.75 Å². The van der Waals surface area contributed by atoms with Crippen molar-refractivity contribution in [2.75, 3.05) is 14.2 Å². The van der Waals surface area contributed by atoms with E-state index in [-0.39, 0.29) is 6.04 Å². The summed E-state index contributed by atoms with van der Waals surface area (Å²) in [5.74, 6) is 0.880. The van der Waals surface area contributed by atoms with Gasteiger partial charge in [-0.15, -0.1) is 0 Å². The lowest BCUT2D eigenvalue weighted by Gasteiger charge is -2.19. The third-order valence-corrected chi connectivity index (χ3v) is 3.68. The summed E-state index contributed by atoms with van der Waals surface area (Å²) < 4.78 is 5.48. The Morgan fingerprint density at radius 1 is 1.05 bits per heavy atom. The highest BCUT2D eigenvalue weighted by molar-refractivity contribution is 5.79. The molecule has 0 radical (unpaired) electrons. The first-order valence-electron chi connectivity index (χ1n) is 6.98. The van der Waals surface area contributed by atoms with Crippen molar-refractivity contribution in [3.05, 3.63) is 71.9 Å². The van der Waals surface area contributed by atoms with Gasteiger partial charge in [-0.25, -0.2) is 0 Å². The minimum atomic E-state index is 0.0539. The van der Waals surface area contributed by atoms with Gasteiger partial charge < -0.3 is 10.1 Å². The van der Waals surface area contributed by atoms with Crippen molar-refractivity contribution in [3.8, 4) is 5.75 Å². The van der Waals surface area contributed by atoms with Crippen molar-refractivity contribution >= 4 is 10.9 Å². The van der Waals surface area contributed by atoms with Crippen molar-refractivity contribution in [1.29, 1.82) is 0 Å². The fraction of sp³-hybridized carbons (Fsp3) is 0.167. The van der Waals surface area contributed by atoms with E-state index in [4.69, 9.17) is 4.74 Å². The maximum Gasteiger partial charge on any atom is 0.123 e. The molecule has 2 aromatic carbocycles. The van der Waals surface area contributed by atoms with Gasteiger partial charge in [0.05, 0.1) is 18.7 Å². The molecule has 3 rings (SSSR count). The van der Waals surface area contributed by atoms with Crippen LogP contribution in [0.3, 0.4) is 0 Å². The van der Waals surface area contributed by atoms with E-state index in [2.05, 4.69) is 28.5 Å². The molecular formula is C18H18N2O. The number of fused-ring (bicyclic) bond motifs is 1. The van der Waals surface area contributed by atoms with Crippen molar-refractivity contribution in [2.45, 2.75) is 6.04 Å². The minimum absolute atomic E-state index is 0.0539. The predicted octanol–water partition coefficient (Wildman–Crippen LogP) is 3.55. The summed E-state index contributed by atoms with van der Waals surface area (Å²) >= 11 is 0. The second-order valence-electron chi connectivity index (χ2n) is 4.92. The third kappa shape index (κ3) is 2.60. The van der Waals surface area contributed by atoms with Crippen LogP contribution in [0.4, 0.5) is 0 Å². The molecule has 3 aromatic rings. The molecule has 0 saturated heterocycles. The Balaban J connectivity index is 2.09. The fourth-order valence-corrected chi connectivity index (χ4v) is 2.65. The normalized spacial score (nSPS) is 12.3. The first kappa shape index (κ1) is 13.6. The molecule has 1 atom stereocenters. The Bertz CT molecular complexity index is 755. The lowest BCUT2D eigenvalue weighted by molar-refractivity contribution is 0.405. The number of rotatable bonds is 4. The average Bonchev–Trinajstić information content (AvgIpc) is 2.56. The number of aromatic nitrogens is 1. The molecule has 1 heterocycles. The summed E-state index contributed by atoms with van der Waals surface area (Å²) in [6.45, 7) is 0. The Morgan fingerprint density at radius 2 is 1.81 bits per heavy atom. The van der Waals surface area contributed by atoms with E-state index in [0.29, 0.717) is 0 Å². The smallest absolute Gasteiger partial charge is 0.123 e. The van der Waals surface area contributed by atoms with Gasteiger partial charge in [0, 0.05) is 17.1 Å². The molecule has 1 unspecified atom stereocenters. The van der Waals surface area contributed by atoms with Crippen molar-refractivity contribution in [1.82, 2.24) is 10.3 Å². The van der Waals surface area contributed by atoms with Crippen LogP contribution in [0.25, 0.3) is 10.9 Å². The van der Waals surface area contributed by atoms with Gasteiger partial charge in [0.1, 0.15) is 5.75 Å². The molecule has 0 aliphatic carbocycles. The monoisotopic (exact) mass is 278 g/mol. The summed E-state index contributed by atoms with van der Waals surface area (Å²) in [5.41, 5.74) is 3.25. The van der Waals surface area contributed by atoms with Crippen molar-refractivity contribution in [2.24, 2.45) is 0 Å². The van der Waals surface area contributed by atoms with E-state index in [1.807, 2.05) is 49.6 Å². The fourth-order valence-electron chi connectivity index (χ4n) is 2.65. The Labute approximate surface area is 124 Å². The minimum Gasteiger partial charge on any atom is -0.496 e. The standard InChI is InChI=1S/C18H18N2O/c1-19-18(15-8-4-6-10-17(15)21-2)14-11-13-7-3-5-9-16(13)20-12-14/h3-12,18-19H,1-2H3. The Kier molecular flexibility index (Phi) is 3.84. The van der Waals surface area contributed by atoms with E-state index in [9.17, 15) is 0 Å². The van der Waals surface area contributed by atoms with Gasteiger partial charge in [0.15, 0.2) is 0 Å². The highest BCUT2D eigenvalue weighted by Gasteiger charge is 2.16. The average molecular weight is 278 g/mol. The van der Waals surface area contributed by atoms with Crippen LogP contribution in [-0.2, 0) is 0 Å². The summed E-state index contributed by atoms with van der Waals surface area (Å²) in [4.78, 5) is 4.55. The number of pyridine rings is 1. The molecule has 0 bridgehead atoms. The summed E-state index contributed by atoms with van der Waals surface area (Å²) in [5, 5.41) is 4.50. The van der Waals surface area contributed by atoms with Crippen LogP contribution in [-0.4, -0.2) is 19.1 Å². The summed E-state index contributed by atoms with van der Waals surface area (Å²) in [7, 11) is 3.65. The van der Waals surface area contributed by atoms with Gasteiger partial charge in [-0.1, -0.05) is 36.4 Å². The quantitative estimate of drug-likeness (QED) is 0.792. The second-order valence-corrected chi connectivity index (χ2v) is 4.92. The SMILES string of the molecule is CNC(c1cnc2ccccc2c1)c1ccccc1OC. The molecule has 0 aliphatic heterocycles. The highest BCUT2D eigenvalue weighted by atomic mass is 16.5. The molecule has 1 aromatic heterocycles. The van der Waals surface area contributed by atoms with Gasteiger partial charge in [-0.2, -0.15) is 0 Å². The highest BCUT2D eigenvalue weighted by Crippen LogP contribution is 2.30. The van der Waals surface area contributed by atoms with Crippen LogP contribution < -0.4 is 10.1 Å². The topological polar surface area (TPSA) is 34.2 Å². The molecule has 106 valence electrons. The van der Waals surface area contributed by atoms with E-state index >= 15 is 0 Å². The number of benzene rings is 2. The molecule has 0 fully saturated rings. The number of para-hydroxylation sites is 2. The Morgan fingerprint density at radius 3 is 2.62 bits per heavy atom. The molecular weight excluding hydrogens is 260 g/mol. The zero-order valence-electron chi connectivity index (χ0n) is 12.2. The third-order valence-electron chi connectivity index (χ3n) is 3.68. The number of hydrogen-bond acceptors (Lipinski definition) is 3. The van der Waals surface area contributed by atoms with Gasteiger partial charge in [-0.05, 0) is 30.8 Å². The van der Waals surface area contributed by atoms with Crippen molar-refractivity contribution < 1.29 is 4.74 Å². The molecule has 0 amide bonds. The molecule has 21 heavy (non-hydrogen) atoms. The van der Waals surface area contributed by atoms with Gasteiger partial charge >= 0.3 is 0 Å². The second kappa shape index (κ2) is 5.94. The van der Waals surface area contributed by atoms with Gasteiger partial charge in [0.2, 0.25) is 0 Å². The molecule has 0 aliphatic rings. The zero-order chi connectivity index (χ0) is 14.7. The van der Waals surface area contributed by atoms with E-state index in [1.54, 1.807) is 7.11 Å². The van der Waals surface area contributed by atoms with Crippen LogP contribution in [0.15, 0.2) is 60.8 Å². The lowest BCUT2D eigenvalue weighted by Crippen LogP contribution is -2.18. The number of nitrogens with zero attached hydrogens (tertiary/aromatic N) is 1. The molecule has 0 spiro atoms. The zero-order valence-corrected chi connectivity index (χ0v) is 12.2. The van der Waals surface area contributed by atoms with Crippen LogP contribution in [0, 0.1) is 0 Å². The number of methoxy groups -OCH3 is 1. The van der Waals surface area contributed by atoms with Crippen molar-refractivity contribution in [3.63, 3.8) is 0 Å². The number of hydrogen-bond donors (Lipinski definition) is 1. The maximum atomic E-state index is 5.48. The summed E-state index contributed by atoms with van der Waals surface area (Å²) in [6, 6.07) is 18.4. The molecule has 3 nitrogen and oxygen atoms in total. The molecule has 0 saturated carbocycles. The lowest BCUT2D eigenvalue weighted by atomic mass is 9.98. The van der Waals surface area contributed by atoms with Crippen LogP contribution in [0.2, 0.25) is 0 Å². The van der Waals surface area contributed by atoms with Crippen LogP contribution in [0.1, 0.15) is 17.2 Å². The summed E-state index contributed by atoms with van der Waals surface area (Å²) in [6.07, 6.45) is 1.93. The van der Waals surface area contributed by atoms with Crippen LogP contribution >= 0.6 is 0 Å². The van der Waals surface area contributed by atoms with E-state index in [0.717, 1.165) is 27.8 Å².